The maximum atomic E-state index is 12.5. The summed E-state index contributed by atoms with van der Waals surface area (Å²) in [6, 6.07) is 4.83. The molecule has 0 unspecified atom stereocenters. The normalized spacial score (nSPS) is 14.2. The van der Waals surface area contributed by atoms with Crippen LogP contribution in [0.15, 0.2) is 18.2 Å². The fraction of sp³-hybridized carbons (Fsp3) is 0.500. The Hall–Kier alpha value is -1.05. The van der Waals surface area contributed by atoms with Gasteiger partial charge in [-0.1, -0.05) is 23.2 Å². The lowest BCUT2D eigenvalue weighted by molar-refractivity contribution is -0.131. The average Bonchev–Trinajstić information content (AvgIpc) is 2.58. The predicted octanol–water partition coefficient (Wildman–Crippen LogP) is 1.94. The van der Waals surface area contributed by atoms with Gasteiger partial charge in [0.1, 0.15) is 0 Å². The second-order valence-corrected chi connectivity index (χ2v) is 6.31. The van der Waals surface area contributed by atoms with E-state index in [0.717, 1.165) is 0 Å². The van der Waals surface area contributed by atoms with Crippen LogP contribution < -0.4 is 5.32 Å². The topological polar surface area (TPSA) is 61.9 Å². The SMILES string of the molecule is COCCNCC(=O)N1CCN(C(=O)c2ccc(Cl)cc2Cl)CC1.Cl. The molecule has 1 aliphatic heterocycles. The van der Waals surface area contributed by atoms with Gasteiger partial charge in [0.25, 0.3) is 5.91 Å². The zero-order valence-electron chi connectivity index (χ0n) is 14.0. The molecular weight excluding hydrogens is 389 g/mol. The Morgan fingerprint density at radius 3 is 2.40 bits per heavy atom. The molecule has 0 radical (unpaired) electrons. The Bertz CT molecular complexity index is 593. The summed E-state index contributed by atoms with van der Waals surface area (Å²) >= 11 is 11.9. The summed E-state index contributed by atoms with van der Waals surface area (Å²) in [6.07, 6.45) is 0. The maximum absolute atomic E-state index is 12.5. The van der Waals surface area contributed by atoms with Crippen LogP contribution in [-0.4, -0.2) is 74.6 Å². The highest BCUT2D eigenvalue weighted by Crippen LogP contribution is 2.22. The third-order valence-electron chi connectivity index (χ3n) is 3.84. The standard InChI is InChI=1S/C16H21Cl2N3O3.ClH/c1-24-9-4-19-11-15(22)20-5-7-21(8-6-20)16(23)13-3-2-12(17)10-14(13)18;/h2-3,10,19H,4-9,11H2,1H3;1H. The van der Waals surface area contributed by atoms with E-state index in [1.165, 1.54) is 0 Å². The number of ether oxygens (including phenoxy) is 1. The minimum absolute atomic E-state index is 0. The van der Waals surface area contributed by atoms with Crippen molar-refractivity contribution >= 4 is 47.4 Å². The van der Waals surface area contributed by atoms with Crippen LogP contribution in [0.3, 0.4) is 0 Å². The number of hydrogen-bond donors (Lipinski definition) is 1. The van der Waals surface area contributed by atoms with E-state index in [9.17, 15) is 9.59 Å². The lowest BCUT2D eigenvalue weighted by atomic mass is 10.1. The molecule has 9 heteroatoms. The first-order valence-corrected chi connectivity index (χ1v) is 8.50. The first-order valence-electron chi connectivity index (χ1n) is 7.74. The molecule has 1 N–H and O–H groups in total. The molecule has 140 valence electrons. The molecule has 2 rings (SSSR count). The van der Waals surface area contributed by atoms with E-state index < -0.39 is 0 Å². The number of nitrogens with zero attached hydrogens (tertiary/aromatic N) is 2. The highest BCUT2D eigenvalue weighted by atomic mass is 35.5. The van der Waals surface area contributed by atoms with Gasteiger partial charge in [0.2, 0.25) is 5.91 Å². The molecule has 1 fully saturated rings. The number of piperazine rings is 1. The van der Waals surface area contributed by atoms with E-state index in [2.05, 4.69) is 5.32 Å². The Morgan fingerprint density at radius 1 is 1.16 bits per heavy atom. The molecule has 0 aromatic heterocycles. The monoisotopic (exact) mass is 409 g/mol. The van der Waals surface area contributed by atoms with Crippen molar-refractivity contribution < 1.29 is 14.3 Å². The zero-order valence-corrected chi connectivity index (χ0v) is 16.3. The third-order valence-corrected chi connectivity index (χ3v) is 4.39. The maximum Gasteiger partial charge on any atom is 0.255 e. The highest BCUT2D eigenvalue weighted by molar-refractivity contribution is 6.36. The van der Waals surface area contributed by atoms with Crippen molar-refractivity contribution in [1.82, 2.24) is 15.1 Å². The fourth-order valence-corrected chi connectivity index (χ4v) is 2.96. The van der Waals surface area contributed by atoms with Crippen molar-refractivity contribution in [2.45, 2.75) is 0 Å². The molecule has 0 bridgehead atoms. The van der Waals surface area contributed by atoms with Crippen LogP contribution in [0.25, 0.3) is 0 Å². The minimum atomic E-state index is -0.137. The molecule has 1 aliphatic rings. The average molecular weight is 411 g/mol. The number of nitrogens with one attached hydrogen (secondary N) is 1. The summed E-state index contributed by atoms with van der Waals surface area (Å²) in [6.45, 7) is 3.49. The van der Waals surface area contributed by atoms with Gasteiger partial charge in [0.05, 0.1) is 23.7 Å². The number of hydrogen-bond acceptors (Lipinski definition) is 4. The molecule has 1 heterocycles. The molecule has 25 heavy (non-hydrogen) atoms. The molecule has 1 saturated heterocycles. The second-order valence-electron chi connectivity index (χ2n) is 5.47. The summed E-state index contributed by atoms with van der Waals surface area (Å²) in [7, 11) is 1.62. The molecule has 1 aromatic carbocycles. The number of carbonyl (C=O) groups excluding carboxylic acids is 2. The van der Waals surface area contributed by atoms with Crippen molar-refractivity contribution in [2.75, 3.05) is 53.0 Å². The Balaban J connectivity index is 0.00000312. The van der Waals surface area contributed by atoms with Gasteiger partial charge >= 0.3 is 0 Å². The van der Waals surface area contributed by atoms with E-state index in [4.69, 9.17) is 27.9 Å². The summed E-state index contributed by atoms with van der Waals surface area (Å²) < 4.78 is 4.92. The second kappa shape index (κ2) is 10.8. The lowest BCUT2D eigenvalue weighted by Crippen LogP contribution is -2.52. The van der Waals surface area contributed by atoms with E-state index in [1.54, 1.807) is 35.1 Å². The molecule has 0 atom stereocenters. The van der Waals surface area contributed by atoms with Gasteiger partial charge < -0.3 is 19.9 Å². The molecule has 2 amide bonds. The first kappa shape index (κ1) is 22.0. The van der Waals surface area contributed by atoms with E-state index in [-0.39, 0.29) is 30.8 Å². The van der Waals surface area contributed by atoms with Crippen LogP contribution in [0, 0.1) is 0 Å². The molecule has 1 aromatic rings. The summed E-state index contributed by atoms with van der Waals surface area (Å²) in [5.74, 6) is -0.107. The van der Waals surface area contributed by atoms with Gasteiger partial charge in [0.15, 0.2) is 0 Å². The Kier molecular flexibility index (Phi) is 9.53. The minimum Gasteiger partial charge on any atom is -0.383 e. The van der Waals surface area contributed by atoms with Gasteiger partial charge in [-0.3, -0.25) is 9.59 Å². The highest BCUT2D eigenvalue weighted by Gasteiger charge is 2.25. The number of methoxy groups -OCH3 is 1. The van der Waals surface area contributed by atoms with Gasteiger partial charge in [-0.15, -0.1) is 12.4 Å². The van der Waals surface area contributed by atoms with Crippen LogP contribution in [0.4, 0.5) is 0 Å². The quantitative estimate of drug-likeness (QED) is 0.728. The van der Waals surface area contributed by atoms with Crippen molar-refractivity contribution in [1.29, 1.82) is 0 Å². The van der Waals surface area contributed by atoms with Crippen LogP contribution in [-0.2, 0) is 9.53 Å². The van der Waals surface area contributed by atoms with Crippen LogP contribution >= 0.6 is 35.6 Å². The molecule has 0 aliphatic carbocycles. The molecular formula is C16H22Cl3N3O3. The van der Waals surface area contributed by atoms with E-state index in [1.807, 2.05) is 0 Å². The van der Waals surface area contributed by atoms with Crippen molar-refractivity contribution in [3.8, 4) is 0 Å². The summed E-state index contributed by atoms with van der Waals surface area (Å²) in [4.78, 5) is 28.1. The van der Waals surface area contributed by atoms with E-state index in [0.29, 0.717) is 54.9 Å². The summed E-state index contributed by atoms with van der Waals surface area (Å²) in [5, 5.41) is 3.86. The van der Waals surface area contributed by atoms with Crippen molar-refractivity contribution in [3.63, 3.8) is 0 Å². The van der Waals surface area contributed by atoms with E-state index >= 15 is 0 Å². The van der Waals surface area contributed by atoms with Gasteiger partial charge in [0, 0.05) is 44.9 Å². The number of amides is 2. The zero-order chi connectivity index (χ0) is 17.5. The van der Waals surface area contributed by atoms with Crippen LogP contribution in [0.2, 0.25) is 10.0 Å². The number of halogens is 3. The van der Waals surface area contributed by atoms with Crippen molar-refractivity contribution in [3.05, 3.63) is 33.8 Å². The molecule has 0 saturated carbocycles. The largest absolute Gasteiger partial charge is 0.383 e. The number of carbonyl (C=O) groups is 2. The number of benzene rings is 1. The number of rotatable bonds is 6. The third kappa shape index (κ3) is 6.31. The Morgan fingerprint density at radius 2 is 1.80 bits per heavy atom. The lowest BCUT2D eigenvalue weighted by Gasteiger charge is -2.35. The smallest absolute Gasteiger partial charge is 0.255 e. The molecule has 0 spiro atoms. The van der Waals surface area contributed by atoms with Gasteiger partial charge in [-0.25, -0.2) is 0 Å². The fourth-order valence-electron chi connectivity index (χ4n) is 2.47. The van der Waals surface area contributed by atoms with Crippen LogP contribution in [0.1, 0.15) is 10.4 Å². The summed E-state index contributed by atoms with van der Waals surface area (Å²) in [5.41, 5.74) is 0.432. The predicted molar refractivity (Wildman–Crippen MR) is 101 cm³/mol. The first-order chi connectivity index (χ1) is 11.5. The Labute approximate surface area is 163 Å². The van der Waals surface area contributed by atoms with Gasteiger partial charge in [-0.05, 0) is 18.2 Å². The van der Waals surface area contributed by atoms with Gasteiger partial charge in [-0.2, -0.15) is 0 Å². The van der Waals surface area contributed by atoms with Crippen LogP contribution in [0.5, 0.6) is 0 Å². The van der Waals surface area contributed by atoms with Crippen molar-refractivity contribution in [2.24, 2.45) is 0 Å². The molecule has 6 nitrogen and oxygen atoms in total.